The molecule has 0 atom stereocenters. The van der Waals surface area contributed by atoms with Gasteiger partial charge in [0, 0.05) is 50.1 Å². The lowest BCUT2D eigenvalue weighted by molar-refractivity contribution is 0.664. The van der Waals surface area contributed by atoms with Gasteiger partial charge in [0.2, 0.25) is 0 Å². The molecule has 0 spiro atoms. The van der Waals surface area contributed by atoms with Gasteiger partial charge in [-0.05, 0) is 87.0 Å². The summed E-state index contributed by atoms with van der Waals surface area (Å²) in [6, 6.07) is 85.1. The fraction of sp³-hybridized carbons (Fsp3) is 0.0164. The molecule has 12 aromatic rings. The number of fused-ring (bicyclic) bond motifs is 9. The van der Waals surface area contributed by atoms with Crippen molar-refractivity contribution in [1.82, 2.24) is 0 Å². The summed E-state index contributed by atoms with van der Waals surface area (Å²) >= 11 is 0. The molecule has 2 heterocycles. The van der Waals surface area contributed by atoms with Gasteiger partial charge in [-0.3, -0.25) is 0 Å². The van der Waals surface area contributed by atoms with E-state index in [0.717, 1.165) is 83.2 Å². The quantitative estimate of drug-likeness (QED) is 0.160. The Balaban J connectivity index is 1.08. The van der Waals surface area contributed by atoms with E-state index in [1.165, 1.54) is 33.4 Å². The van der Waals surface area contributed by atoms with Crippen LogP contribution in [0.4, 0.5) is 17.1 Å². The van der Waals surface area contributed by atoms with Crippen LogP contribution in [0.1, 0.15) is 22.3 Å². The van der Waals surface area contributed by atoms with E-state index < -0.39 is 5.41 Å². The van der Waals surface area contributed by atoms with Crippen molar-refractivity contribution < 1.29 is 8.83 Å². The minimum Gasteiger partial charge on any atom is -0.456 e. The zero-order chi connectivity index (χ0) is 42.2. The zero-order valence-electron chi connectivity index (χ0n) is 34.8. The Morgan fingerprint density at radius 3 is 1.67 bits per heavy atom. The molecule has 0 aliphatic heterocycles. The molecular weight excluding hydrogens is 779 g/mol. The molecule has 10 aromatic carbocycles. The number of anilines is 3. The minimum absolute atomic E-state index is 0.549. The molecule has 300 valence electrons. The lowest BCUT2D eigenvalue weighted by Crippen LogP contribution is -2.28. The number of furan rings is 2. The number of hydrogen-bond acceptors (Lipinski definition) is 3. The summed E-state index contributed by atoms with van der Waals surface area (Å²) in [7, 11) is 0. The Hall–Kier alpha value is -8.40. The highest BCUT2D eigenvalue weighted by atomic mass is 16.3. The summed E-state index contributed by atoms with van der Waals surface area (Å²) in [5.41, 5.74) is 17.8. The summed E-state index contributed by atoms with van der Waals surface area (Å²) < 4.78 is 13.7. The second kappa shape index (κ2) is 14.3. The second-order valence-corrected chi connectivity index (χ2v) is 16.7. The lowest BCUT2D eigenvalue weighted by atomic mass is 9.67. The van der Waals surface area contributed by atoms with Gasteiger partial charge >= 0.3 is 0 Å². The van der Waals surface area contributed by atoms with Crippen LogP contribution in [-0.4, -0.2) is 0 Å². The average Bonchev–Trinajstić information content (AvgIpc) is 4.02. The van der Waals surface area contributed by atoms with Gasteiger partial charge in [-0.2, -0.15) is 0 Å². The van der Waals surface area contributed by atoms with Crippen LogP contribution in [0.25, 0.3) is 77.3 Å². The predicted octanol–water partition coefficient (Wildman–Crippen LogP) is 16.7. The monoisotopic (exact) mass is 817 g/mol. The molecule has 0 fully saturated rings. The van der Waals surface area contributed by atoms with Crippen molar-refractivity contribution in [1.29, 1.82) is 0 Å². The third kappa shape index (κ3) is 5.34. The van der Waals surface area contributed by atoms with Crippen LogP contribution in [0.2, 0.25) is 0 Å². The van der Waals surface area contributed by atoms with Gasteiger partial charge in [0.15, 0.2) is 0 Å². The molecule has 0 N–H and O–H groups in total. The summed E-state index contributed by atoms with van der Waals surface area (Å²) in [6.45, 7) is 0. The average molecular weight is 818 g/mol. The highest BCUT2D eigenvalue weighted by Crippen LogP contribution is 2.57. The zero-order valence-corrected chi connectivity index (χ0v) is 34.8. The van der Waals surface area contributed by atoms with Crippen molar-refractivity contribution >= 4 is 60.9 Å². The maximum absolute atomic E-state index is 7.14. The van der Waals surface area contributed by atoms with Crippen molar-refractivity contribution in [2.75, 3.05) is 4.90 Å². The third-order valence-corrected chi connectivity index (χ3v) is 13.3. The fourth-order valence-electron chi connectivity index (χ4n) is 10.7. The Kier molecular flexibility index (Phi) is 8.13. The Bertz CT molecular complexity index is 3680. The largest absolute Gasteiger partial charge is 0.456 e. The molecule has 0 saturated heterocycles. The predicted molar refractivity (Wildman–Crippen MR) is 264 cm³/mol. The van der Waals surface area contributed by atoms with Crippen molar-refractivity contribution in [2.24, 2.45) is 0 Å². The molecule has 0 unspecified atom stereocenters. The topological polar surface area (TPSA) is 29.5 Å². The van der Waals surface area contributed by atoms with Crippen molar-refractivity contribution in [3.8, 4) is 33.4 Å². The first-order chi connectivity index (χ1) is 31.8. The Morgan fingerprint density at radius 1 is 0.344 bits per heavy atom. The molecule has 64 heavy (non-hydrogen) atoms. The molecule has 0 saturated carbocycles. The molecule has 0 radical (unpaired) electrons. The molecule has 0 amide bonds. The third-order valence-electron chi connectivity index (χ3n) is 13.3. The van der Waals surface area contributed by atoms with Crippen LogP contribution in [0, 0.1) is 0 Å². The van der Waals surface area contributed by atoms with Gasteiger partial charge in [-0.25, -0.2) is 0 Å². The lowest BCUT2D eigenvalue weighted by Gasteiger charge is -2.35. The van der Waals surface area contributed by atoms with Crippen molar-refractivity contribution in [3.05, 3.63) is 259 Å². The van der Waals surface area contributed by atoms with Crippen LogP contribution in [0.3, 0.4) is 0 Å². The van der Waals surface area contributed by atoms with E-state index in [1.807, 2.05) is 12.1 Å². The van der Waals surface area contributed by atoms with Gasteiger partial charge in [-0.1, -0.05) is 188 Å². The van der Waals surface area contributed by atoms with Gasteiger partial charge in [0.25, 0.3) is 0 Å². The first kappa shape index (κ1) is 36.3. The minimum atomic E-state index is -0.549. The van der Waals surface area contributed by atoms with E-state index in [2.05, 4.69) is 229 Å². The first-order valence-corrected chi connectivity index (χ1v) is 21.9. The maximum atomic E-state index is 7.14. The molecule has 3 heteroatoms. The maximum Gasteiger partial charge on any atom is 0.144 e. The first-order valence-electron chi connectivity index (χ1n) is 21.9. The van der Waals surface area contributed by atoms with E-state index in [-0.39, 0.29) is 0 Å². The SMILES string of the molecule is c1ccc(-c2ccccc2N(c2ccc3c(c2)C(c2ccccc2)(c2ccccc2)c2ccccc2-3)c2ccc3c(c2)oc2c(-c4ccccc4)c4c(cc23)oc2ccccc24)cc1. The van der Waals surface area contributed by atoms with E-state index in [9.17, 15) is 0 Å². The van der Waals surface area contributed by atoms with Crippen molar-refractivity contribution in [2.45, 2.75) is 5.41 Å². The van der Waals surface area contributed by atoms with Crippen LogP contribution in [-0.2, 0) is 5.41 Å². The summed E-state index contributed by atoms with van der Waals surface area (Å²) in [4.78, 5) is 2.41. The molecule has 13 rings (SSSR count). The fourth-order valence-corrected chi connectivity index (χ4v) is 10.7. The van der Waals surface area contributed by atoms with Crippen molar-refractivity contribution in [3.63, 3.8) is 0 Å². The number of para-hydroxylation sites is 2. The summed E-state index contributed by atoms with van der Waals surface area (Å²) in [6.07, 6.45) is 0. The van der Waals surface area contributed by atoms with E-state index in [4.69, 9.17) is 8.83 Å². The smallest absolute Gasteiger partial charge is 0.144 e. The highest BCUT2D eigenvalue weighted by molar-refractivity contribution is 6.23. The van der Waals surface area contributed by atoms with Crippen LogP contribution in [0.5, 0.6) is 0 Å². The number of rotatable bonds is 7. The van der Waals surface area contributed by atoms with E-state index in [1.54, 1.807) is 0 Å². The van der Waals surface area contributed by atoms with Gasteiger partial charge in [-0.15, -0.1) is 0 Å². The van der Waals surface area contributed by atoms with E-state index >= 15 is 0 Å². The standard InChI is InChI=1S/C61H39NO2/c1-5-19-40(20-6-1)46-27-14-17-31-54(46)62(44-33-35-48-47-28-13-16-30-52(47)61(53(48)37-44,42-23-9-3-10-24-42)43-25-11-4-12-26-43)45-34-36-49-51-39-57-59(50-29-15-18-32-55(50)63-57)58(41-21-7-2-8-22-41)60(51)64-56(49)38-45/h1-39H. The number of nitrogens with zero attached hydrogens (tertiary/aromatic N) is 1. The Labute approximate surface area is 370 Å². The van der Waals surface area contributed by atoms with Gasteiger partial charge in [0.1, 0.15) is 22.3 Å². The normalized spacial score (nSPS) is 12.8. The second-order valence-electron chi connectivity index (χ2n) is 16.7. The molecule has 1 aliphatic rings. The van der Waals surface area contributed by atoms with Gasteiger partial charge < -0.3 is 13.7 Å². The molecule has 0 bridgehead atoms. The highest BCUT2D eigenvalue weighted by Gasteiger charge is 2.46. The Morgan fingerprint density at radius 2 is 0.922 bits per heavy atom. The number of hydrogen-bond donors (Lipinski definition) is 0. The van der Waals surface area contributed by atoms with Crippen LogP contribution >= 0.6 is 0 Å². The summed E-state index contributed by atoms with van der Waals surface area (Å²) in [5, 5.41) is 4.19. The molecule has 3 nitrogen and oxygen atoms in total. The van der Waals surface area contributed by atoms with E-state index in [0.29, 0.717) is 0 Å². The van der Waals surface area contributed by atoms with Gasteiger partial charge in [0.05, 0.1) is 11.1 Å². The molecule has 1 aliphatic carbocycles. The summed E-state index contributed by atoms with van der Waals surface area (Å²) in [5.74, 6) is 0. The van der Waals surface area contributed by atoms with Crippen LogP contribution in [0.15, 0.2) is 245 Å². The van der Waals surface area contributed by atoms with Crippen LogP contribution < -0.4 is 4.90 Å². The molecular formula is C61H39NO2. The molecule has 2 aromatic heterocycles. The number of benzene rings is 10.